The molecule has 0 aromatic heterocycles. The summed E-state index contributed by atoms with van der Waals surface area (Å²) in [6, 6.07) is 2.33. The summed E-state index contributed by atoms with van der Waals surface area (Å²) in [7, 11) is 0. The van der Waals surface area contributed by atoms with Gasteiger partial charge in [0.15, 0.2) is 17.5 Å². The minimum Gasteiger partial charge on any atom is -0.204 e. The van der Waals surface area contributed by atoms with Crippen molar-refractivity contribution < 1.29 is 13.2 Å². The molecule has 0 amide bonds. The minimum atomic E-state index is -1.36. The highest BCUT2D eigenvalue weighted by Crippen LogP contribution is 2.42. The Morgan fingerprint density at radius 1 is 0.760 bits per heavy atom. The van der Waals surface area contributed by atoms with Crippen molar-refractivity contribution in [3.8, 4) is 0 Å². The van der Waals surface area contributed by atoms with E-state index in [0.717, 1.165) is 30.6 Å². The van der Waals surface area contributed by atoms with Crippen LogP contribution in [0.4, 0.5) is 13.2 Å². The standard InChI is InChI=1S/C22H31F3/c1-2-3-15-4-8-18(9-5-15)19-10-6-16(7-11-19)12-17-13-20(23)22(25)21(24)14-17/h13-16,18-19H,2-12H2,1H3. The first-order valence-corrected chi connectivity index (χ1v) is 10.2. The summed E-state index contributed by atoms with van der Waals surface area (Å²) >= 11 is 0. The van der Waals surface area contributed by atoms with E-state index in [-0.39, 0.29) is 0 Å². The smallest absolute Gasteiger partial charge is 0.194 e. The van der Waals surface area contributed by atoms with Crippen molar-refractivity contribution >= 4 is 0 Å². The van der Waals surface area contributed by atoms with Crippen LogP contribution in [-0.2, 0) is 6.42 Å². The Morgan fingerprint density at radius 2 is 1.24 bits per heavy atom. The molecule has 1 aromatic carbocycles. The van der Waals surface area contributed by atoms with Gasteiger partial charge in [-0.3, -0.25) is 0 Å². The number of hydrogen-bond donors (Lipinski definition) is 0. The van der Waals surface area contributed by atoms with Gasteiger partial charge in [-0.1, -0.05) is 32.6 Å². The molecule has 0 heterocycles. The van der Waals surface area contributed by atoms with Crippen LogP contribution in [0, 0.1) is 41.1 Å². The third kappa shape index (κ3) is 4.80. The maximum absolute atomic E-state index is 13.4. The quantitative estimate of drug-likeness (QED) is 0.498. The maximum atomic E-state index is 13.4. The molecule has 2 saturated carbocycles. The summed E-state index contributed by atoms with van der Waals surface area (Å²) < 4.78 is 39.8. The van der Waals surface area contributed by atoms with Gasteiger partial charge in [-0.2, -0.15) is 0 Å². The van der Waals surface area contributed by atoms with Crippen LogP contribution in [0.3, 0.4) is 0 Å². The Hall–Kier alpha value is -0.990. The molecule has 2 aliphatic rings. The highest BCUT2D eigenvalue weighted by molar-refractivity contribution is 5.20. The Bertz CT molecular complexity index is 529. The van der Waals surface area contributed by atoms with Gasteiger partial charge in [-0.05, 0) is 86.3 Å². The average Bonchev–Trinajstić information content (AvgIpc) is 2.61. The lowest BCUT2D eigenvalue weighted by molar-refractivity contribution is 0.143. The highest BCUT2D eigenvalue weighted by atomic mass is 19.2. The third-order valence-electron chi connectivity index (χ3n) is 6.71. The van der Waals surface area contributed by atoms with E-state index in [9.17, 15) is 13.2 Å². The normalized spacial score (nSPS) is 30.4. The zero-order chi connectivity index (χ0) is 17.8. The number of rotatable bonds is 5. The molecule has 0 bridgehead atoms. The number of halogens is 3. The van der Waals surface area contributed by atoms with Crippen molar-refractivity contribution in [3.05, 3.63) is 35.1 Å². The fraction of sp³-hybridized carbons (Fsp3) is 0.727. The van der Waals surface area contributed by atoms with Crippen molar-refractivity contribution in [2.75, 3.05) is 0 Å². The zero-order valence-electron chi connectivity index (χ0n) is 15.4. The maximum Gasteiger partial charge on any atom is 0.194 e. The van der Waals surface area contributed by atoms with Crippen molar-refractivity contribution in [2.24, 2.45) is 23.7 Å². The second kappa shape index (κ2) is 8.60. The Morgan fingerprint density at radius 3 is 1.72 bits per heavy atom. The molecule has 2 fully saturated rings. The van der Waals surface area contributed by atoms with Crippen LogP contribution in [0.5, 0.6) is 0 Å². The molecule has 0 saturated heterocycles. The van der Waals surface area contributed by atoms with Gasteiger partial charge in [0, 0.05) is 0 Å². The summed E-state index contributed by atoms with van der Waals surface area (Å²) in [6.07, 6.45) is 13.8. The van der Waals surface area contributed by atoms with Gasteiger partial charge in [0.05, 0.1) is 0 Å². The molecule has 2 aliphatic carbocycles. The van der Waals surface area contributed by atoms with Crippen LogP contribution < -0.4 is 0 Å². The van der Waals surface area contributed by atoms with Crippen molar-refractivity contribution in [1.82, 2.24) is 0 Å². The Labute approximate surface area is 150 Å². The SMILES string of the molecule is CCCC1CCC(C2CCC(Cc3cc(F)c(F)c(F)c3)CC2)CC1. The lowest BCUT2D eigenvalue weighted by Crippen LogP contribution is -2.26. The first kappa shape index (κ1) is 18.8. The topological polar surface area (TPSA) is 0 Å². The van der Waals surface area contributed by atoms with Gasteiger partial charge in [0.25, 0.3) is 0 Å². The Kier molecular flexibility index (Phi) is 6.46. The van der Waals surface area contributed by atoms with E-state index in [4.69, 9.17) is 0 Å². The monoisotopic (exact) mass is 352 g/mol. The van der Waals surface area contributed by atoms with E-state index < -0.39 is 17.5 Å². The molecule has 140 valence electrons. The molecule has 0 atom stereocenters. The van der Waals surface area contributed by atoms with Gasteiger partial charge < -0.3 is 0 Å². The molecule has 0 radical (unpaired) electrons. The molecule has 0 unspecified atom stereocenters. The highest BCUT2D eigenvalue weighted by Gasteiger charge is 2.30. The van der Waals surface area contributed by atoms with Crippen LogP contribution in [0.1, 0.15) is 76.7 Å². The number of hydrogen-bond acceptors (Lipinski definition) is 0. The molecule has 1 aromatic rings. The molecule has 3 heteroatoms. The van der Waals surface area contributed by atoms with Crippen LogP contribution >= 0.6 is 0 Å². The minimum absolute atomic E-state index is 0.483. The van der Waals surface area contributed by atoms with Gasteiger partial charge in [-0.15, -0.1) is 0 Å². The molecule has 3 rings (SSSR count). The molecule has 0 nitrogen and oxygen atoms in total. The first-order chi connectivity index (χ1) is 12.1. The van der Waals surface area contributed by atoms with Crippen molar-refractivity contribution in [3.63, 3.8) is 0 Å². The lowest BCUT2D eigenvalue weighted by Gasteiger charge is -2.38. The second-order valence-electron chi connectivity index (χ2n) is 8.43. The van der Waals surface area contributed by atoms with Gasteiger partial charge >= 0.3 is 0 Å². The summed E-state index contributed by atoms with van der Waals surface area (Å²) in [6.45, 7) is 2.28. The van der Waals surface area contributed by atoms with Crippen LogP contribution in [0.25, 0.3) is 0 Å². The molecule has 25 heavy (non-hydrogen) atoms. The van der Waals surface area contributed by atoms with E-state index >= 15 is 0 Å². The van der Waals surface area contributed by atoms with E-state index in [1.54, 1.807) is 0 Å². The van der Waals surface area contributed by atoms with E-state index in [2.05, 4.69) is 6.92 Å². The van der Waals surface area contributed by atoms with Gasteiger partial charge in [0.2, 0.25) is 0 Å². The van der Waals surface area contributed by atoms with E-state index in [0.29, 0.717) is 17.9 Å². The molecule has 0 N–H and O–H groups in total. The zero-order valence-corrected chi connectivity index (χ0v) is 15.4. The summed E-state index contributed by atoms with van der Waals surface area (Å²) in [5.74, 6) is -0.292. The van der Waals surface area contributed by atoms with Crippen LogP contribution in [0.2, 0.25) is 0 Å². The van der Waals surface area contributed by atoms with Crippen LogP contribution in [-0.4, -0.2) is 0 Å². The second-order valence-corrected chi connectivity index (χ2v) is 8.43. The number of benzene rings is 1. The van der Waals surface area contributed by atoms with Gasteiger partial charge in [0.1, 0.15) is 0 Å². The molecular weight excluding hydrogens is 321 g/mol. The van der Waals surface area contributed by atoms with Crippen molar-refractivity contribution in [1.29, 1.82) is 0 Å². The lowest BCUT2D eigenvalue weighted by atomic mass is 9.68. The first-order valence-electron chi connectivity index (χ1n) is 10.2. The third-order valence-corrected chi connectivity index (χ3v) is 6.71. The fourth-order valence-electron chi connectivity index (χ4n) is 5.28. The van der Waals surface area contributed by atoms with Crippen molar-refractivity contribution in [2.45, 2.75) is 77.6 Å². The average molecular weight is 352 g/mol. The summed E-state index contributed by atoms with van der Waals surface area (Å²) in [4.78, 5) is 0. The molecule has 0 spiro atoms. The Balaban J connectivity index is 1.46. The fourth-order valence-corrected chi connectivity index (χ4v) is 5.28. The predicted octanol–water partition coefficient (Wildman–Crippen LogP) is 7.06. The largest absolute Gasteiger partial charge is 0.204 e. The summed E-state index contributed by atoms with van der Waals surface area (Å²) in [5, 5.41) is 0. The van der Waals surface area contributed by atoms with Gasteiger partial charge in [-0.25, -0.2) is 13.2 Å². The summed E-state index contributed by atoms with van der Waals surface area (Å²) in [5.41, 5.74) is 0.597. The predicted molar refractivity (Wildman–Crippen MR) is 95.8 cm³/mol. The molecular formula is C22H31F3. The van der Waals surface area contributed by atoms with E-state index in [1.165, 1.54) is 63.5 Å². The molecule has 0 aliphatic heterocycles. The van der Waals surface area contributed by atoms with Crippen LogP contribution in [0.15, 0.2) is 12.1 Å². The van der Waals surface area contributed by atoms with E-state index in [1.807, 2.05) is 0 Å².